The highest BCUT2D eigenvalue weighted by molar-refractivity contribution is 7.91. The van der Waals surface area contributed by atoms with Crippen LogP contribution in [0.4, 0.5) is 0 Å². The van der Waals surface area contributed by atoms with Gasteiger partial charge in [0.25, 0.3) is 0 Å². The summed E-state index contributed by atoms with van der Waals surface area (Å²) >= 11 is 0. The fourth-order valence-corrected chi connectivity index (χ4v) is 4.96. The molecule has 2 fully saturated rings. The molecule has 4 nitrogen and oxygen atoms in total. The quantitative estimate of drug-likeness (QED) is 0.797. The molecule has 2 saturated heterocycles. The second kappa shape index (κ2) is 6.35. The Labute approximate surface area is 110 Å². The summed E-state index contributed by atoms with van der Waals surface area (Å²) in [5, 5.41) is 0. The Hall–Kier alpha value is -0.130. The molecule has 0 amide bonds. The molecule has 5 heteroatoms. The van der Waals surface area contributed by atoms with Crippen molar-refractivity contribution in [3.8, 4) is 0 Å². The van der Waals surface area contributed by atoms with Crippen molar-refractivity contribution >= 4 is 9.84 Å². The molecule has 106 valence electrons. The summed E-state index contributed by atoms with van der Waals surface area (Å²) in [5.74, 6) is 1.01. The van der Waals surface area contributed by atoms with Crippen molar-refractivity contribution in [3.63, 3.8) is 0 Å². The molecular weight excluding hydrogens is 250 g/mol. The van der Waals surface area contributed by atoms with Gasteiger partial charge in [-0.25, -0.2) is 8.42 Å². The van der Waals surface area contributed by atoms with E-state index in [9.17, 15) is 8.42 Å². The number of sulfone groups is 1. The van der Waals surface area contributed by atoms with E-state index >= 15 is 0 Å². The molecule has 0 aromatic rings. The van der Waals surface area contributed by atoms with E-state index in [2.05, 4.69) is 0 Å². The molecule has 0 spiro atoms. The second-order valence-electron chi connectivity index (χ2n) is 5.83. The SMILES string of the molecule is NC(CCCC1CCCO1)CC1CCS(=O)(=O)C1. The maximum Gasteiger partial charge on any atom is 0.150 e. The lowest BCUT2D eigenvalue weighted by molar-refractivity contribution is 0.101. The van der Waals surface area contributed by atoms with Gasteiger partial charge >= 0.3 is 0 Å². The van der Waals surface area contributed by atoms with E-state index in [-0.39, 0.29) is 6.04 Å². The summed E-state index contributed by atoms with van der Waals surface area (Å²) in [4.78, 5) is 0. The summed E-state index contributed by atoms with van der Waals surface area (Å²) in [6.45, 7) is 0.913. The normalized spacial score (nSPS) is 32.7. The molecule has 0 aromatic heterocycles. The van der Waals surface area contributed by atoms with Crippen molar-refractivity contribution in [2.45, 2.75) is 57.1 Å². The van der Waals surface area contributed by atoms with Crippen LogP contribution in [0.1, 0.15) is 44.9 Å². The number of rotatable bonds is 6. The summed E-state index contributed by atoms with van der Waals surface area (Å²) in [5.41, 5.74) is 6.09. The van der Waals surface area contributed by atoms with Gasteiger partial charge in [0.15, 0.2) is 9.84 Å². The first-order valence-corrected chi connectivity index (χ1v) is 8.95. The third-order valence-electron chi connectivity index (χ3n) is 4.09. The Morgan fingerprint density at radius 3 is 2.78 bits per heavy atom. The minimum absolute atomic E-state index is 0.157. The minimum atomic E-state index is -2.75. The van der Waals surface area contributed by atoms with Crippen molar-refractivity contribution in [1.29, 1.82) is 0 Å². The Morgan fingerprint density at radius 2 is 2.17 bits per heavy atom. The zero-order chi connectivity index (χ0) is 13.0. The van der Waals surface area contributed by atoms with Gasteiger partial charge < -0.3 is 10.5 Å². The number of hydrogen-bond donors (Lipinski definition) is 1. The molecule has 0 aromatic carbocycles. The van der Waals surface area contributed by atoms with E-state index < -0.39 is 9.84 Å². The fourth-order valence-electron chi connectivity index (χ4n) is 3.08. The van der Waals surface area contributed by atoms with Crippen LogP contribution in [0.25, 0.3) is 0 Å². The Balaban J connectivity index is 1.59. The first-order chi connectivity index (χ1) is 8.55. The zero-order valence-corrected chi connectivity index (χ0v) is 11.8. The van der Waals surface area contributed by atoms with Gasteiger partial charge in [0, 0.05) is 12.6 Å². The molecular formula is C13H25NO3S. The van der Waals surface area contributed by atoms with E-state index in [0.29, 0.717) is 23.5 Å². The molecule has 2 rings (SSSR count). The van der Waals surface area contributed by atoms with Crippen LogP contribution in [0, 0.1) is 5.92 Å². The predicted molar refractivity (Wildman–Crippen MR) is 72.2 cm³/mol. The fraction of sp³-hybridized carbons (Fsp3) is 1.00. The zero-order valence-electron chi connectivity index (χ0n) is 11.0. The molecule has 3 atom stereocenters. The lowest BCUT2D eigenvalue weighted by Crippen LogP contribution is -2.24. The highest BCUT2D eigenvalue weighted by Gasteiger charge is 2.28. The Bertz CT molecular complexity index is 349. The predicted octanol–water partition coefficient (Wildman–Crippen LogP) is 1.49. The Kier molecular flexibility index (Phi) is 5.04. The standard InChI is InChI=1S/C13H25NO3S/c14-12(3-1-4-13-5-2-7-17-13)9-11-6-8-18(15,16)10-11/h11-13H,1-10,14H2. The topological polar surface area (TPSA) is 69.4 Å². The molecule has 0 saturated carbocycles. The maximum atomic E-state index is 11.4. The van der Waals surface area contributed by atoms with Gasteiger partial charge in [-0.1, -0.05) is 0 Å². The number of ether oxygens (including phenoxy) is 1. The van der Waals surface area contributed by atoms with Crippen LogP contribution >= 0.6 is 0 Å². The van der Waals surface area contributed by atoms with Gasteiger partial charge in [-0.3, -0.25) is 0 Å². The summed E-state index contributed by atoms with van der Waals surface area (Å²) in [7, 11) is -2.75. The third-order valence-corrected chi connectivity index (χ3v) is 5.92. The van der Waals surface area contributed by atoms with Crippen molar-refractivity contribution in [2.75, 3.05) is 18.1 Å². The minimum Gasteiger partial charge on any atom is -0.378 e. The van der Waals surface area contributed by atoms with E-state index in [1.54, 1.807) is 0 Å². The van der Waals surface area contributed by atoms with Crippen molar-refractivity contribution in [2.24, 2.45) is 11.7 Å². The van der Waals surface area contributed by atoms with E-state index in [1.807, 2.05) is 0 Å². The monoisotopic (exact) mass is 275 g/mol. The van der Waals surface area contributed by atoms with Gasteiger partial charge in [0.2, 0.25) is 0 Å². The van der Waals surface area contributed by atoms with Crippen LogP contribution in [0.15, 0.2) is 0 Å². The first kappa shape index (κ1) is 14.3. The second-order valence-corrected chi connectivity index (χ2v) is 8.06. The van der Waals surface area contributed by atoms with Crippen LogP contribution < -0.4 is 5.73 Å². The largest absolute Gasteiger partial charge is 0.378 e. The van der Waals surface area contributed by atoms with Crippen LogP contribution in [0.2, 0.25) is 0 Å². The molecule has 0 aliphatic carbocycles. The summed E-state index contributed by atoms with van der Waals surface area (Å²) in [6, 6.07) is 0.157. The van der Waals surface area contributed by atoms with E-state index in [4.69, 9.17) is 10.5 Å². The summed E-state index contributed by atoms with van der Waals surface area (Å²) in [6.07, 6.45) is 7.71. The van der Waals surface area contributed by atoms with Crippen molar-refractivity contribution < 1.29 is 13.2 Å². The first-order valence-electron chi connectivity index (χ1n) is 7.13. The van der Waals surface area contributed by atoms with Gasteiger partial charge in [0.1, 0.15) is 0 Å². The molecule has 2 heterocycles. The highest BCUT2D eigenvalue weighted by atomic mass is 32.2. The molecule has 18 heavy (non-hydrogen) atoms. The lowest BCUT2D eigenvalue weighted by Gasteiger charge is -2.16. The average Bonchev–Trinajstić information content (AvgIpc) is 2.88. The number of nitrogens with two attached hydrogens (primary N) is 1. The van der Waals surface area contributed by atoms with Gasteiger partial charge in [-0.05, 0) is 50.9 Å². The van der Waals surface area contributed by atoms with E-state index in [0.717, 1.165) is 38.7 Å². The molecule has 3 unspecified atom stereocenters. The van der Waals surface area contributed by atoms with E-state index in [1.165, 1.54) is 12.8 Å². The molecule has 2 aliphatic heterocycles. The maximum absolute atomic E-state index is 11.4. The van der Waals surface area contributed by atoms with Gasteiger partial charge in [-0.2, -0.15) is 0 Å². The van der Waals surface area contributed by atoms with Crippen LogP contribution in [-0.4, -0.2) is 38.7 Å². The lowest BCUT2D eigenvalue weighted by atomic mass is 9.96. The third kappa shape index (κ3) is 4.52. The van der Waals surface area contributed by atoms with Crippen molar-refractivity contribution in [1.82, 2.24) is 0 Å². The van der Waals surface area contributed by atoms with Crippen LogP contribution in [-0.2, 0) is 14.6 Å². The number of hydrogen-bond acceptors (Lipinski definition) is 4. The average molecular weight is 275 g/mol. The van der Waals surface area contributed by atoms with Gasteiger partial charge in [-0.15, -0.1) is 0 Å². The van der Waals surface area contributed by atoms with Crippen molar-refractivity contribution in [3.05, 3.63) is 0 Å². The molecule has 2 N–H and O–H groups in total. The smallest absolute Gasteiger partial charge is 0.150 e. The molecule has 0 radical (unpaired) electrons. The molecule has 2 aliphatic rings. The highest BCUT2D eigenvalue weighted by Crippen LogP contribution is 2.24. The van der Waals surface area contributed by atoms with Crippen LogP contribution in [0.5, 0.6) is 0 Å². The Morgan fingerprint density at radius 1 is 1.33 bits per heavy atom. The molecule has 0 bridgehead atoms. The summed E-state index contributed by atoms with van der Waals surface area (Å²) < 4.78 is 28.3. The van der Waals surface area contributed by atoms with Crippen LogP contribution in [0.3, 0.4) is 0 Å². The van der Waals surface area contributed by atoms with Gasteiger partial charge in [0.05, 0.1) is 17.6 Å².